The van der Waals surface area contributed by atoms with E-state index in [1.54, 1.807) is 7.05 Å². The summed E-state index contributed by atoms with van der Waals surface area (Å²) in [4.78, 5) is 11.2. The lowest BCUT2D eigenvalue weighted by Gasteiger charge is -2.14. The second-order valence-corrected chi connectivity index (χ2v) is 6.39. The summed E-state index contributed by atoms with van der Waals surface area (Å²) >= 11 is 0. The van der Waals surface area contributed by atoms with Crippen molar-refractivity contribution in [1.29, 1.82) is 0 Å². The van der Waals surface area contributed by atoms with Gasteiger partial charge in [0, 0.05) is 32.4 Å². The van der Waals surface area contributed by atoms with Gasteiger partial charge in [-0.3, -0.25) is 4.79 Å². The van der Waals surface area contributed by atoms with E-state index in [0.717, 1.165) is 0 Å². The summed E-state index contributed by atoms with van der Waals surface area (Å²) in [5.74, 6) is -0.655. The molecule has 0 aliphatic carbocycles. The van der Waals surface area contributed by atoms with Crippen LogP contribution in [0.15, 0.2) is 17.2 Å². The molecule has 2 rings (SSSR count). The summed E-state index contributed by atoms with van der Waals surface area (Å²) in [7, 11) is -2.00. The predicted molar refractivity (Wildman–Crippen MR) is 72.5 cm³/mol. The van der Waals surface area contributed by atoms with E-state index >= 15 is 0 Å². The molecular weight excluding hydrogens is 292 g/mol. The normalized spacial score (nSPS) is 20.2. The number of aromatic nitrogens is 1. The van der Waals surface area contributed by atoms with Crippen molar-refractivity contribution in [2.75, 3.05) is 13.1 Å². The molecule has 19 heavy (non-hydrogen) atoms. The Bertz CT molecular complexity index is 584. The van der Waals surface area contributed by atoms with E-state index in [1.807, 2.05) is 0 Å². The van der Waals surface area contributed by atoms with Gasteiger partial charge in [-0.15, -0.1) is 12.4 Å². The maximum absolute atomic E-state index is 12.3. The molecule has 0 aromatic carbocycles. The maximum Gasteiger partial charge on any atom is 0.265 e. The van der Waals surface area contributed by atoms with Gasteiger partial charge in [0.05, 0.1) is 0 Å². The van der Waals surface area contributed by atoms with Gasteiger partial charge in [0.2, 0.25) is 10.0 Å². The van der Waals surface area contributed by atoms with Crippen LogP contribution in [0.5, 0.6) is 0 Å². The molecule has 1 aromatic rings. The van der Waals surface area contributed by atoms with Gasteiger partial charge in [-0.05, 0) is 12.5 Å². The summed E-state index contributed by atoms with van der Waals surface area (Å²) in [6.45, 7) is 0.716. The zero-order valence-electron chi connectivity index (χ0n) is 10.4. The second-order valence-electron chi connectivity index (χ2n) is 4.45. The van der Waals surface area contributed by atoms with Crippen molar-refractivity contribution in [1.82, 2.24) is 8.87 Å². The molecule has 0 unspecified atom stereocenters. The number of halogens is 1. The van der Waals surface area contributed by atoms with Crippen LogP contribution in [-0.4, -0.2) is 42.3 Å². The van der Waals surface area contributed by atoms with Crippen molar-refractivity contribution in [3.63, 3.8) is 0 Å². The molecule has 1 atom stereocenters. The van der Waals surface area contributed by atoms with Crippen LogP contribution in [0, 0.1) is 0 Å². The van der Waals surface area contributed by atoms with E-state index in [9.17, 15) is 13.2 Å². The van der Waals surface area contributed by atoms with Crippen LogP contribution in [-0.2, 0) is 17.1 Å². The molecule has 7 nitrogen and oxygen atoms in total. The molecule has 1 fully saturated rings. The molecule has 0 saturated carbocycles. The quantitative estimate of drug-likeness (QED) is 0.766. The fraction of sp³-hybridized carbons (Fsp3) is 0.500. The van der Waals surface area contributed by atoms with Crippen molar-refractivity contribution in [2.24, 2.45) is 18.5 Å². The molecule has 0 radical (unpaired) electrons. The molecule has 0 bridgehead atoms. The largest absolute Gasteiger partial charge is 0.364 e. The third kappa shape index (κ3) is 2.92. The molecule has 1 amide bonds. The van der Waals surface area contributed by atoms with Crippen LogP contribution in [0.3, 0.4) is 0 Å². The van der Waals surface area contributed by atoms with Crippen LogP contribution in [0.4, 0.5) is 0 Å². The van der Waals surface area contributed by atoms with E-state index in [0.29, 0.717) is 19.5 Å². The molecule has 1 aromatic heterocycles. The first-order valence-corrected chi connectivity index (χ1v) is 6.98. The van der Waals surface area contributed by atoms with Crippen molar-refractivity contribution >= 4 is 28.3 Å². The first-order valence-electron chi connectivity index (χ1n) is 5.54. The standard InChI is InChI=1S/C10H16N4O3S.ClH/c1-13-6-8(4-9(13)10(12)15)18(16,17)14-3-2-7(11)5-14;/h4,6-7H,2-3,5,11H2,1H3,(H2,12,15);1H/t7-;/m1./s1. The van der Waals surface area contributed by atoms with Gasteiger partial charge in [-0.25, -0.2) is 8.42 Å². The molecule has 9 heteroatoms. The third-order valence-corrected chi connectivity index (χ3v) is 4.89. The SMILES string of the molecule is Cl.Cn1cc(S(=O)(=O)N2CC[C@@H](N)C2)cc1C(N)=O. The van der Waals surface area contributed by atoms with E-state index in [2.05, 4.69) is 0 Å². The summed E-state index contributed by atoms with van der Waals surface area (Å²) in [6.07, 6.45) is 2.04. The number of hydrogen-bond donors (Lipinski definition) is 2. The number of rotatable bonds is 3. The van der Waals surface area contributed by atoms with Gasteiger partial charge in [-0.2, -0.15) is 4.31 Å². The number of amides is 1. The molecule has 1 aliphatic heterocycles. The molecule has 4 N–H and O–H groups in total. The Morgan fingerprint density at radius 1 is 1.47 bits per heavy atom. The van der Waals surface area contributed by atoms with E-state index in [1.165, 1.54) is 21.1 Å². The number of sulfonamides is 1. The van der Waals surface area contributed by atoms with Gasteiger partial charge in [0.25, 0.3) is 5.91 Å². The highest BCUT2D eigenvalue weighted by molar-refractivity contribution is 7.89. The van der Waals surface area contributed by atoms with Gasteiger partial charge in [-0.1, -0.05) is 0 Å². The maximum atomic E-state index is 12.3. The molecule has 1 saturated heterocycles. The second kappa shape index (κ2) is 5.49. The zero-order valence-corrected chi connectivity index (χ0v) is 12.1. The first-order chi connectivity index (χ1) is 8.32. The predicted octanol–water partition coefficient (Wildman–Crippen LogP) is -0.732. The van der Waals surface area contributed by atoms with Crippen LogP contribution in [0.2, 0.25) is 0 Å². The van der Waals surface area contributed by atoms with Crippen LogP contribution in [0.1, 0.15) is 16.9 Å². The van der Waals surface area contributed by atoms with Crippen LogP contribution in [0.25, 0.3) is 0 Å². The van der Waals surface area contributed by atoms with Crippen molar-refractivity contribution in [3.8, 4) is 0 Å². The molecule has 2 heterocycles. The first kappa shape index (κ1) is 16.0. The Balaban J connectivity index is 0.00000180. The highest BCUT2D eigenvalue weighted by Gasteiger charge is 2.32. The molecular formula is C10H17ClN4O3S. The van der Waals surface area contributed by atoms with Gasteiger partial charge < -0.3 is 16.0 Å². The number of nitrogens with zero attached hydrogens (tertiary/aromatic N) is 2. The third-order valence-electron chi connectivity index (χ3n) is 3.06. The smallest absolute Gasteiger partial charge is 0.265 e. The topological polar surface area (TPSA) is 111 Å². The lowest BCUT2D eigenvalue weighted by Crippen LogP contribution is -2.31. The number of hydrogen-bond acceptors (Lipinski definition) is 4. The van der Waals surface area contributed by atoms with Crippen molar-refractivity contribution in [2.45, 2.75) is 17.4 Å². The number of primary amides is 1. The Morgan fingerprint density at radius 2 is 2.11 bits per heavy atom. The molecule has 1 aliphatic rings. The number of carbonyl (C=O) groups is 1. The zero-order chi connectivity index (χ0) is 13.5. The van der Waals surface area contributed by atoms with E-state index in [4.69, 9.17) is 11.5 Å². The van der Waals surface area contributed by atoms with Crippen molar-refractivity contribution in [3.05, 3.63) is 18.0 Å². The van der Waals surface area contributed by atoms with Crippen molar-refractivity contribution < 1.29 is 13.2 Å². The fourth-order valence-electron chi connectivity index (χ4n) is 2.04. The Hall–Kier alpha value is -1.09. The minimum atomic E-state index is -3.58. The fourth-order valence-corrected chi connectivity index (χ4v) is 3.63. The number of aryl methyl sites for hydroxylation is 1. The summed E-state index contributed by atoms with van der Waals surface area (Å²) in [5.41, 5.74) is 11.0. The number of carbonyl (C=O) groups excluding carboxylic acids is 1. The average molecular weight is 309 g/mol. The Kier molecular flexibility index (Phi) is 4.62. The van der Waals surface area contributed by atoms with Gasteiger partial charge >= 0.3 is 0 Å². The van der Waals surface area contributed by atoms with Crippen LogP contribution >= 0.6 is 12.4 Å². The summed E-state index contributed by atoms with van der Waals surface area (Å²) < 4.78 is 27.3. The van der Waals surface area contributed by atoms with Gasteiger partial charge in [0.15, 0.2) is 0 Å². The monoisotopic (exact) mass is 308 g/mol. The Labute approximate surface area is 118 Å². The lowest BCUT2D eigenvalue weighted by atomic mass is 10.3. The molecule has 108 valence electrons. The summed E-state index contributed by atoms with van der Waals surface area (Å²) in [5, 5.41) is 0. The van der Waals surface area contributed by atoms with Crippen LogP contribution < -0.4 is 11.5 Å². The highest BCUT2D eigenvalue weighted by atomic mass is 35.5. The minimum Gasteiger partial charge on any atom is -0.364 e. The van der Waals surface area contributed by atoms with E-state index < -0.39 is 15.9 Å². The average Bonchev–Trinajstić information content (AvgIpc) is 2.84. The Morgan fingerprint density at radius 3 is 2.53 bits per heavy atom. The summed E-state index contributed by atoms with van der Waals surface area (Å²) in [6, 6.07) is 1.17. The highest BCUT2D eigenvalue weighted by Crippen LogP contribution is 2.22. The number of nitrogens with two attached hydrogens (primary N) is 2. The lowest BCUT2D eigenvalue weighted by molar-refractivity contribution is 0.0992. The van der Waals surface area contributed by atoms with E-state index in [-0.39, 0.29) is 29.0 Å². The molecule has 0 spiro atoms. The minimum absolute atomic E-state index is 0. The van der Waals surface area contributed by atoms with Gasteiger partial charge in [0.1, 0.15) is 10.6 Å².